The molecule has 2 aromatic heterocycles. The van der Waals surface area contributed by atoms with Gasteiger partial charge in [0.2, 0.25) is 0 Å². The summed E-state index contributed by atoms with van der Waals surface area (Å²) in [6, 6.07) is 2.02. The molecule has 0 saturated heterocycles. The molecule has 21 heavy (non-hydrogen) atoms. The van der Waals surface area contributed by atoms with Crippen molar-refractivity contribution in [3.05, 3.63) is 29.5 Å². The number of rotatable bonds is 6. The Morgan fingerprint density at radius 2 is 2.19 bits per heavy atom. The molecule has 6 nitrogen and oxygen atoms in total. The van der Waals surface area contributed by atoms with E-state index in [-0.39, 0.29) is 5.56 Å². The van der Waals surface area contributed by atoms with Crippen LogP contribution in [-0.4, -0.2) is 25.8 Å². The minimum atomic E-state index is -0.957. The first-order chi connectivity index (χ1) is 10.2. The van der Waals surface area contributed by atoms with Crippen molar-refractivity contribution >= 4 is 17.7 Å². The van der Waals surface area contributed by atoms with Crippen molar-refractivity contribution in [2.24, 2.45) is 0 Å². The van der Waals surface area contributed by atoms with Gasteiger partial charge in [-0.3, -0.25) is 0 Å². The largest absolute Gasteiger partial charge is 0.478 e. The number of hydrogen-bond acceptors (Lipinski definition) is 5. The maximum Gasteiger partial charge on any atom is 0.339 e. The Morgan fingerprint density at radius 3 is 2.86 bits per heavy atom. The molecule has 2 heterocycles. The Kier molecular flexibility index (Phi) is 3.02. The predicted octanol–water partition coefficient (Wildman–Crippen LogP) is 3.07. The molecule has 0 atom stereocenters. The van der Waals surface area contributed by atoms with Gasteiger partial charge in [0.05, 0.1) is 12.0 Å². The monoisotopic (exact) mass is 305 g/mol. The van der Waals surface area contributed by atoms with E-state index in [1.807, 2.05) is 0 Å². The summed E-state index contributed by atoms with van der Waals surface area (Å²) in [5, 5.41) is 18.6. The van der Waals surface area contributed by atoms with Crippen molar-refractivity contribution in [3.8, 4) is 0 Å². The number of carbonyl (C=O) groups is 1. The summed E-state index contributed by atoms with van der Waals surface area (Å²) in [5.41, 5.74) is 0.224. The lowest BCUT2D eigenvalue weighted by Gasteiger charge is -2.07. The molecular weight excluding hydrogens is 290 g/mol. The molecule has 2 aliphatic rings. The van der Waals surface area contributed by atoms with Crippen LogP contribution in [0.4, 0.5) is 0 Å². The summed E-state index contributed by atoms with van der Waals surface area (Å²) >= 11 is 1.50. The van der Waals surface area contributed by atoms with Crippen LogP contribution >= 0.6 is 11.8 Å². The minimum absolute atomic E-state index is 0.224. The van der Waals surface area contributed by atoms with Gasteiger partial charge in [0, 0.05) is 12.0 Å². The molecule has 0 spiro atoms. The second kappa shape index (κ2) is 4.91. The van der Waals surface area contributed by atoms with Crippen molar-refractivity contribution in [3.63, 3.8) is 0 Å². The number of thioether (sulfide) groups is 1. The van der Waals surface area contributed by atoms with Crippen molar-refractivity contribution < 1.29 is 14.3 Å². The zero-order valence-corrected chi connectivity index (χ0v) is 12.2. The molecule has 7 heteroatoms. The summed E-state index contributed by atoms with van der Waals surface area (Å²) in [7, 11) is 0. The molecule has 4 rings (SSSR count). The fraction of sp³-hybridized carbons (Fsp3) is 0.500. The molecule has 2 aliphatic carbocycles. The number of furan rings is 1. The highest BCUT2D eigenvalue weighted by molar-refractivity contribution is 7.98. The van der Waals surface area contributed by atoms with Crippen molar-refractivity contribution in [1.82, 2.24) is 14.8 Å². The van der Waals surface area contributed by atoms with E-state index < -0.39 is 5.97 Å². The van der Waals surface area contributed by atoms with Crippen LogP contribution in [0.15, 0.2) is 21.9 Å². The summed E-state index contributed by atoms with van der Waals surface area (Å²) in [4.78, 5) is 11.1. The molecule has 0 bridgehead atoms. The zero-order chi connectivity index (χ0) is 14.4. The van der Waals surface area contributed by atoms with E-state index in [2.05, 4.69) is 14.8 Å². The van der Waals surface area contributed by atoms with Crippen LogP contribution in [0.5, 0.6) is 0 Å². The quantitative estimate of drug-likeness (QED) is 0.826. The normalized spacial score (nSPS) is 18.1. The molecule has 0 amide bonds. The third-order valence-electron chi connectivity index (χ3n) is 3.85. The molecule has 0 radical (unpaired) electrons. The van der Waals surface area contributed by atoms with Crippen LogP contribution in [-0.2, 0) is 5.75 Å². The third-order valence-corrected chi connectivity index (χ3v) is 4.80. The third kappa shape index (κ3) is 2.46. The van der Waals surface area contributed by atoms with E-state index in [1.165, 1.54) is 49.8 Å². The Hall–Kier alpha value is -1.76. The van der Waals surface area contributed by atoms with Gasteiger partial charge in [-0.15, -0.1) is 10.2 Å². The van der Waals surface area contributed by atoms with Crippen LogP contribution in [0.2, 0.25) is 0 Å². The van der Waals surface area contributed by atoms with Crippen LogP contribution in [0, 0.1) is 0 Å². The molecular formula is C14H15N3O3S. The SMILES string of the molecule is O=C(O)c1ccoc1CSc1nnc(C2CC2)n1C1CC1. The Morgan fingerprint density at radius 1 is 1.38 bits per heavy atom. The van der Waals surface area contributed by atoms with E-state index in [1.54, 1.807) is 0 Å². The first kappa shape index (κ1) is 12.9. The van der Waals surface area contributed by atoms with E-state index in [0.717, 1.165) is 11.0 Å². The molecule has 110 valence electrons. The summed E-state index contributed by atoms with van der Waals surface area (Å²) in [6.45, 7) is 0. The highest BCUT2D eigenvalue weighted by Crippen LogP contribution is 2.46. The number of hydrogen-bond donors (Lipinski definition) is 1. The van der Waals surface area contributed by atoms with Crippen molar-refractivity contribution in [2.75, 3.05) is 0 Å². The van der Waals surface area contributed by atoms with Gasteiger partial charge in [0.1, 0.15) is 17.1 Å². The maximum atomic E-state index is 11.1. The van der Waals surface area contributed by atoms with Gasteiger partial charge in [-0.2, -0.15) is 0 Å². The maximum absolute atomic E-state index is 11.1. The van der Waals surface area contributed by atoms with Gasteiger partial charge in [-0.1, -0.05) is 11.8 Å². The van der Waals surface area contributed by atoms with Crippen LogP contribution in [0.25, 0.3) is 0 Å². The van der Waals surface area contributed by atoms with Gasteiger partial charge in [-0.25, -0.2) is 4.79 Å². The molecule has 0 aliphatic heterocycles. The lowest BCUT2D eigenvalue weighted by Crippen LogP contribution is -2.02. The average molecular weight is 305 g/mol. The molecule has 2 aromatic rings. The highest BCUT2D eigenvalue weighted by atomic mass is 32.2. The minimum Gasteiger partial charge on any atom is -0.478 e. The van der Waals surface area contributed by atoms with Gasteiger partial charge in [-0.05, 0) is 31.7 Å². The average Bonchev–Trinajstić information content (AvgIpc) is 3.39. The molecule has 1 N–H and O–H groups in total. The van der Waals surface area contributed by atoms with Crippen molar-refractivity contribution in [1.29, 1.82) is 0 Å². The van der Waals surface area contributed by atoms with E-state index in [9.17, 15) is 4.79 Å². The summed E-state index contributed by atoms with van der Waals surface area (Å²) < 4.78 is 7.53. The number of aromatic carboxylic acids is 1. The highest BCUT2D eigenvalue weighted by Gasteiger charge is 2.36. The molecule has 2 saturated carbocycles. The Bertz CT molecular complexity index is 685. The number of nitrogens with zero attached hydrogens (tertiary/aromatic N) is 3. The molecule has 2 fully saturated rings. The standard InChI is InChI=1S/C14H15N3O3S/c18-13(19)10-5-6-20-11(10)7-21-14-16-15-12(8-1-2-8)17(14)9-3-4-9/h5-6,8-9H,1-4,7H2,(H,18,19). The van der Waals surface area contributed by atoms with E-state index in [0.29, 0.717) is 23.5 Å². The van der Waals surface area contributed by atoms with Gasteiger partial charge < -0.3 is 14.1 Å². The first-order valence-electron chi connectivity index (χ1n) is 7.11. The Balaban J connectivity index is 1.54. The zero-order valence-electron chi connectivity index (χ0n) is 11.4. The van der Waals surface area contributed by atoms with Crippen molar-refractivity contribution in [2.45, 2.75) is 48.6 Å². The number of carboxylic acids is 1. The topological polar surface area (TPSA) is 81.2 Å². The van der Waals surface area contributed by atoms with E-state index >= 15 is 0 Å². The van der Waals surface area contributed by atoms with Crippen LogP contribution in [0.3, 0.4) is 0 Å². The molecule has 0 aromatic carbocycles. The fourth-order valence-corrected chi connectivity index (χ4v) is 3.42. The first-order valence-corrected chi connectivity index (χ1v) is 8.10. The Labute approximate surface area is 125 Å². The lowest BCUT2D eigenvalue weighted by molar-refractivity contribution is 0.0695. The second-order valence-corrected chi connectivity index (χ2v) is 6.51. The summed E-state index contributed by atoms with van der Waals surface area (Å²) in [5.74, 6) is 1.67. The fourth-order valence-electron chi connectivity index (χ4n) is 2.46. The smallest absolute Gasteiger partial charge is 0.339 e. The second-order valence-electron chi connectivity index (χ2n) is 5.57. The van der Waals surface area contributed by atoms with Gasteiger partial charge in [0.15, 0.2) is 5.16 Å². The molecule has 0 unspecified atom stereocenters. The van der Waals surface area contributed by atoms with E-state index in [4.69, 9.17) is 9.52 Å². The predicted molar refractivity (Wildman–Crippen MR) is 75.5 cm³/mol. The van der Waals surface area contributed by atoms with Crippen LogP contribution < -0.4 is 0 Å². The summed E-state index contributed by atoms with van der Waals surface area (Å²) in [6.07, 6.45) is 6.20. The number of carboxylic acid groups (broad SMARTS) is 1. The van der Waals surface area contributed by atoms with Gasteiger partial charge >= 0.3 is 5.97 Å². The van der Waals surface area contributed by atoms with Crippen LogP contribution in [0.1, 0.15) is 59.6 Å². The lowest BCUT2D eigenvalue weighted by atomic mass is 10.3. The van der Waals surface area contributed by atoms with Gasteiger partial charge in [0.25, 0.3) is 0 Å². The number of aromatic nitrogens is 3.